The average molecular weight is 277 g/mol. The zero-order chi connectivity index (χ0) is 14.7. The number of ether oxygens (including phenoxy) is 1. The number of piperazine rings is 1. The molecule has 0 aromatic heterocycles. The number of nitrogens with zero attached hydrogens (tertiary/aromatic N) is 1. The predicted octanol–water partition coefficient (Wildman–Crippen LogP) is -0.0917. The summed E-state index contributed by atoms with van der Waals surface area (Å²) in [5.41, 5.74) is 6.78. The Morgan fingerprint density at radius 3 is 2.60 bits per heavy atom. The van der Waals surface area contributed by atoms with Crippen LogP contribution in [0.4, 0.5) is 11.4 Å². The van der Waals surface area contributed by atoms with Crippen molar-refractivity contribution in [1.29, 1.82) is 0 Å². The van der Waals surface area contributed by atoms with Gasteiger partial charge in [-0.2, -0.15) is 0 Å². The number of nitrogen functional groups attached to an aromatic ring is 1. The highest BCUT2D eigenvalue weighted by Gasteiger charge is 2.26. The number of hydrogen-bond donors (Lipinski definition) is 2. The molecule has 20 heavy (non-hydrogen) atoms. The standard InChI is InChI=1S/C13H15N3O4/c1-2-20-13(19)9-5-8(14)3-4-10(9)16-6-11(17)15-12(18)7-16/h3-5H,2,6-7,14H2,1H3,(H,15,17,18). The molecule has 0 saturated carbocycles. The highest BCUT2D eigenvalue weighted by molar-refractivity contribution is 6.05. The SMILES string of the molecule is CCOC(=O)c1cc(N)ccc1N1CC(=O)NC(=O)C1. The Kier molecular flexibility index (Phi) is 3.88. The van der Waals surface area contributed by atoms with E-state index in [9.17, 15) is 14.4 Å². The predicted molar refractivity (Wildman–Crippen MR) is 72.2 cm³/mol. The van der Waals surface area contributed by atoms with Crippen LogP contribution in [0.3, 0.4) is 0 Å². The van der Waals surface area contributed by atoms with E-state index in [2.05, 4.69) is 5.32 Å². The lowest BCUT2D eigenvalue weighted by atomic mass is 10.1. The van der Waals surface area contributed by atoms with E-state index in [-0.39, 0.29) is 25.3 Å². The number of hydrogen-bond acceptors (Lipinski definition) is 6. The van der Waals surface area contributed by atoms with Gasteiger partial charge in [-0.1, -0.05) is 0 Å². The summed E-state index contributed by atoms with van der Waals surface area (Å²) in [6.45, 7) is 1.93. The molecule has 2 rings (SSSR count). The third-order valence-electron chi connectivity index (χ3n) is 2.80. The molecule has 0 spiro atoms. The van der Waals surface area contributed by atoms with Gasteiger partial charge in [-0.05, 0) is 25.1 Å². The van der Waals surface area contributed by atoms with Crippen molar-refractivity contribution < 1.29 is 19.1 Å². The number of benzene rings is 1. The largest absolute Gasteiger partial charge is 0.462 e. The second kappa shape index (κ2) is 5.60. The second-order valence-electron chi connectivity index (χ2n) is 4.32. The number of nitrogens with one attached hydrogen (secondary N) is 1. The molecule has 0 unspecified atom stereocenters. The molecule has 1 saturated heterocycles. The summed E-state index contributed by atoms with van der Waals surface area (Å²) in [5.74, 6) is -1.35. The van der Waals surface area contributed by atoms with Gasteiger partial charge in [0.2, 0.25) is 11.8 Å². The molecule has 1 aromatic rings. The quantitative estimate of drug-likeness (QED) is 0.455. The van der Waals surface area contributed by atoms with E-state index in [0.717, 1.165) is 0 Å². The second-order valence-corrected chi connectivity index (χ2v) is 4.32. The molecule has 0 radical (unpaired) electrons. The number of esters is 1. The van der Waals surface area contributed by atoms with Crippen LogP contribution in [0.5, 0.6) is 0 Å². The fourth-order valence-electron chi connectivity index (χ4n) is 2.01. The summed E-state index contributed by atoms with van der Waals surface area (Å²) < 4.78 is 4.96. The number of anilines is 2. The summed E-state index contributed by atoms with van der Waals surface area (Å²) >= 11 is 0. The van der Waals surface area contributed by atoms with E-state index in [1.165, 1.54) is 11.0 Å². The van der Waals surface area contributed by atoms with Crippen molar-refractivity contribution in [3.05, 3.63) is 23.8 Å². The van der Waals surface area contributed by atoms with Gasteiger partial charge in [-0.15, -0.1) is 0 Å². The Bertz CT molecular complexity index is 555. The number of carbonyl (C=O) groups excluding carboxylic acids is 3. The highest BCUT2D eigenvalue weighted by atomic mass is 16.5. The van der Waals surface area contributed by atoms with Crippen LogP contribution in [0.2, 0.25) is 0 Å². The molecule has 1 aliphatic heterocycles. The van der Waals surface area contributed by atoms with E-state index < -0.39 is 17.8 Å². The Morgan fingerprint density at radius 2 is 2.00 bits per heavy atom. The van der Waals surface area contributed by atoms with Crippen LogP contribution in [0.25, 0.3) is 0 Å². The number of nitrogens with two attached hydrogens (primary N) is 1. The van der Waals surface area contributed by atoms with Gasteiger partial charge in [-0.25, -0.2) is 4.79 Å². The maximum absolute atomic E-state index is 11.9. The van der Waals surface area contributed by atoms with Crippen molar-refractivity contribution in [3.8, 4) is 0 Å². The van der Waals surface area contributed by atoms with Gasteiger partial charge >= 0.3 is 5.97 Å². The van der Waals surface area contributed by atoms with E-state index in [1.807, 2.05) is 0 Å². The summed E-state index contributed by atoms with van der Waals surface area (Å²) in [5, 5.41) is 2.20. The van der Waals surface area contributed by atoms with Crippen LogP contribution >= 0.6 is 0 Å². The van der Waals surface area contributed by atoms with E-state index in [0.29, 0.717) is 11.4 Å². The Labute approximate surface area is 115 Å². The first kappa shape index (κ1) is 13.9. The van der Waals surface area contributed by atoms with Crippen LogP contribution in [0, 0.1) is 0 Å². The zero-order valence-electron chi connectivity index (χ0n) is 11.0. The average Bonchev–Trinajstić information content (AvgIpc) is 2.37. The van der Waals surface area contributed by atoms with Crippen LogP contribution in [-0.4, -0.2) is 37.5 Å². The van der Waals surface area contributed by atoms with Crippen LogP contribution in [0.1, 0.15) is 17.3 Å². The van der Waals surface area contributed by atoms with Crippen LogP contribution in [-0.2, 0) is 14.3 Å². The fourth-order valence-corrected chi connectivity index (χ4v) is 2.01. The van der Waals surface area contributed by atoms with Crippen molar-refractivity contribution in [2.75, 3.05) is 30.3 Å². The lowest BCUT2D eigenvalue weighted by molar-refractivity contribution is -0.130. The molecular weight excluding hydrogens is 262 g/mol. The molecule has 7 heteroatoms. The Hall–Kier alpha value is -2.57. The lowest BCUT2D eigenvalue weighted by Crippen LogP contribution is -2.51. The maximum Gasteiger partial charge on any atom is 0.340 e. The van der Waals surface area contributed by atoms with E-state index in [1.54, 1.807) is 19.1 Å². The molecule has 0 aliphatic carbocycles. The van der Waals surface area contributed by atoms with Gasteiger partial charge in [0.25, 0.3) is 0 Å². The van der Waals surface area contributed by atoms with Gasteiger partial charge in [0, 0.05) is 5.69 Å². The summed E-state index contributed by atoms with van der Waals surface area (Å²) in [6, 6.07) is 4.69. The van der Waals surface area contributed by atoms with Crippen molar-refractivity contribution in [3.63, 3.8) is 0 Å². The van der Waals surface area contributed by atoms with E-state index >= 15 is 0 Å². The summed E-state index contributed by atoms with van der Waals surface area (Å²) in [7, 11) is 0. The van der Waals surface area contributed by atoms with Crippen molar-refractivity contribution in [2.24, 2.45) is 0 Å². The Morgan fingerprint density at radius 1 is 1.35 bits per heavy atom. The molecule has 1 fully saturated rings. The van der Waals surface area contributed by atoms with Crippen molar-refractivity contribution >= 4 is 29.2 Å². The first-order valence-electron chi connectivity index (χ1n) is 6.15. The molecule has 0 atom stereocenters. The molecule has 0 bridgehead atoms. The van der Waals surface area contributed by atoms with Gasteiger partial charge in [0.1, 0.15) is 0 Å². The van der Waals surface area contributed by atoms with Crippen molar-refractivity contribution in [1.82, 2.24) is 5.32 Å². The van der Waals surface area contributed by atoms with E-state index in [4.69, 9.17) is 10.5 Å². The van der Waals surface area contributed by atoms with Gasteiger partial charge in [-0.3, -0.25) is 14.9 Å². The van der Waals surface area contributed by atoms with Crippen LogP contribution in [0.15, 0.2) is 18.2 Å². The summed E-state index contributed by atoms with van der Waals surface area (Å²) in [6.07, 6.45) is 0. The van der Waals surface area contributed by atoms with Gasteiger partial charge in [0.15, 0.2) is 0 Å². The van der Waals surface area contributed by atoms with Gasteiger partial charge < -0.3 is 15.4 Å². The maximum atomic E-state index is 11.9. The minimum absolute atomic E-state index is 0.00205. The van der Waals surface area contributed by atoms with Crippen LogP contribution < -0.4 is 16.0 Å². The fraction of sp³-hybridized carbons (Fsp3) is 0.308. The normalized spacial score (nSPS) is 14.9. The molecule has 2 amide bonds. The molecule has 7 nitrogen and oxygen atoms in total. The number of imide groups is 1. The van der Waals surface area contributed by atoms with Crippen molar-refractivity contribution in [2.45, 2.75) is 6.92 Å². The zero-order valence-corrected chi connectivity index (χ0v) is 11.0. The molecule has 1 heterocycles. The molecule has 1 aliphatic rings. The first-order chi connectivity index (χ1) is 9.51. The summed E-state index contributed by atoms with van der Waals surface area (Å²) in [4.78, 5) is 36.3. The molecule has 1 aromatic carbocycles. The number of rotatable bonds is 3. The lowest BCUT2D eigenvalue weighted by Gasteiger charge is -2.28. The number of amides is 2. The van der Waals surface area contributed by atoms with Gasteiger partial charge in [0.05, 0.1) is 30.9 Å². The third kappa shape index (κ3) is 2.87. The Balaban J connectivity index is 2.37. The topological polar surface area (TPSA) is 102 Å². The molecule has 106 valence electrons. The monoisotopic (exact) mass is 277 g/mol. The first-order valence-corrected chi connectivity index (χ1v) is 6.15. The smallest absolute Gasteiger partial charge is 0.340 e. The third-order valence-corrected chi connectivity index (χ3v) is 2.80. The minimum atomic E-state index is -0.534. The highest BCUT2D eigenvalue weighted by Crippen LogP contribution is 2.24. The minimum Gasteiger partial charge on any atom is -0.462 e. The molecule has 3 N–H and O–H groups in total. The number of carbonyl (C=O) groups is 3. The molecular formula is C13H15N3O4.